The third kappa shape index (κ3) is 2.95. The van der Waals surface area contributed by atoms with Crippen LogP contribution in [0.2, 0.25) is 0 Å². The third-order valence-electron chi connectivity index (χ3n) is 3.06. The Labute approximate surface area is 124 Å². The van der Waals surface area contributed by atoms with Crippen molar-refractivity contribution in [3.8, 4) is 0 Å². The van der Waals surface area contributed by atoms with Crippen molar-refractivity contribution in [2.24, 2.45) is 0 Å². The summed E-state index contributed by atoms with van der Waals surface area (Å²) in [5.41, 5.74) is 1.51. The molecule has 0 radical (unpaired) electrons. The van der Waals surface area contributed by atoms with Crippen LogP contribution in [0.4, 0.5) is 5.82 Å². The number of nitrogens with zero attached hydrogens (tertiary/aromatic N) is 4. The molecule has 2 unspecified atom stereocenters. The van der Waals surface area contributed by atoms with E-state index in [9.17, 15) is 5.11 Å². The smallest absolute Gasteiger partial charge is 0.166 e. The SMILES string of the molecule is COC(CO)CC(C)n1cnc2c(NI)ncnc21. The predicted molar refractivity (Wildman–Crippen MR) is 80.2 cm³/mol. The van der Waals surface area contributed by atoms with Gasteiger partial charge in [-0.05, 0) is 13.3 Å². The van der Waals surface area contributed by atoms with Crippen molar-refractivity contribution in [2.75, 3.05) is 17.2 Å². The highest BCUT2D eigenvalue weighted by Gasteiger charge is 2.17. The first-order chi connectivity index (χ1) is 9.21. The van der Waals surface area contributed by atoms with Gasteiger partial charge in [-0.1, -0.05) is 0 Å². The normalized spacial score (nSPS) is 14.5. The van der Waals surface area contributed by atoms with E-state index < -0.39 is 0 Å². The molecule has 0 saturated carbocycles. The van der Waals surface area contributed by atoms with E-state index in [1.807, 2.05) is 34.4 Å². The van der Waals surface area contributed by atoms with Crippen LogP contribution >= 0.6 is 22.9 Å². The molecule has 104 valence electrons. The summed E-state index contributed by atoms with van der Waals surface area (Å²) in [5.74, 6) is 0.696. The summed E-state index contributed by atoms with van der Waals surface area (Å²) in [4.78, 5) is 12.7. The van der Waals surface area contributed by atoms with E-state index in [2.05, 4.69) is 18.5 Å². The van der Waals surface area contributed by atoms with Crippen LogP contribution in [0, 0.1) is 0 Å². The van der Waals surface area contributed by atoms with Gasteiger partial charge in [-0.25, -0.2) is 15.0 Å². The molecular formula is C11H16IN5O2. The lowest BCUT2D eigenvalue weighted by Crippen LogP contribution is -2.20. The summed E-state index contributed by atoms with van der Waals surface area (Å²) in [6.07, 6.45) is 3.76. The number of aliphatic hydroxyl groups excluding tert-OH is 1. The molecule has 2 atom stereocenters. The maximum absolute atomic E-state index is 9.18. The van der Waals surface area contributed by atoms with Crippen molar-refractivity contribution in [1.29, 1.82) is 0 Å². The van der Waals surface area contributed by atoms with Crippen molar-refractivity contribution in [3.05, 3.63) is 12.7 Å². The fraction of sp³-hybridized carbons (Fsp3) is 0.545. The number of rotatable bonds is 6. The summed E-state index contributed by atoms with van der Waals surface area (Å²) < 4.78 is 10.1. The Kier molecular flexibility index (Phi) is 4.88. The highest BCUT2D eigenvalue weighted by atomic mass is 127. The van der Waals surface area contributed by atoms with Crippen LogP contribution in [0.3, 0.4) is 0 Å². The molecule has 2 N–H and O–H groups in total. The van der Waals surface area contributed by atoms with E-state index in [1.54, 1.807) is 13.4 Å². The number of anilines is 1. The third-order valence-corrected chi connectivity index (χ3v) is 3.58. The fourth-order valence-electron chi connectivity index (χ4n) is 1.98. The van der Waals surface area contributed by atoms with Crippen LogP contribution in [0.1, 0.15) is 19.4 Å². The first-order valence-electron chi connectivity index (χ1n) is 5.89. The molecule has 2 heterocycles. The number of hydrogen-bond donors (Lipinski definition) is 2. The number of nitrogens with one attached hydrogen (secondary N) is 1. The number of methoxy groups -OCH3 is 1. The van der Waals surface area contributed by atoms with Gasteiger partial charge in [-0.2, -0.15) is 0 Å². The van der Waals surface area contributed by atoms with Gasteiger partial charge in [0.05, 0.1) is 41.9 Å². The first-order valence-corrected chi connectivity index (χ1v) is 6.97. The maximum Gasteiger partial charge on any atom is 0.166 e. The molecule has 0 aromatic carbocycles. The molecule has 0 fully saturated rings. The summed E-state index contributed by atoms with van der Waals surface area (Å²) in [6.45, 7) is 2.05. The van der Waals surface area contributed by atoms with E-state index in [1.165, 1.54) is 6.33 Å². The van der Waals surface area contributed by atoms with Gasteiger partial charge in [0, 0.05) is 13.2 Å². The van der Waals surface area contributed by atoms with Crippen LogP contribution in [-0.2, 0) is 4.74 Å². The summed E-state index contributed by atoms with van der Waals surface area (Å²) in [7, 11) is 1.60. The molecule has 19 heavy (non-hydrogen) atoms. The zero-order chi connectivity index (χ0) is 13.8. The van der Waals surface area contributed by atoms with Gasteiger partial charge in [0.25, 0.3) is 0 Å². The fourth-order valence-corrected chi connectivity index (χ4v) is 2.38. The average molecular weight is 377 g/mol. The minimum Gasteiger partial charge on any atom is -0.394 e. The van der Waals surface area contributed by atoms with E-state index in [0.717, 1.165) is 11.2 Å². The predicted octanol–water partition coefficient (Wildman–Crippen LogP) is 1.55. The number of halogens is 1. The van der Waals surface area contributed by atoms with Gasteiger partial charge in [0.15, 0.2) is 17.0 Å². The van der Waals surface area contributed by atoms with Crippen LogP contribution in [0.15, 0.2) is 12.7 Å². The van der Waals surface area contributed by atoms with Gasteiger partial charge in [0.2, 0.25) is 0 Å². The largest absolute Gasteiger partial charge is 0.394 e. The molecule has 0 aliphatic carbocycles. The molecule has 0 aliphatic heterocycles. The number of ether oxygens (including phenoxy) is 1. The molecule has 0 aliphatic rings. The van der Waals surface area contributed by atoms with E-state index in [-0.39, 0.29) is 18.8 Å². The van der Waals surface area contributed by atoms with E-state index in [4.69, 9.17) is 4.74 Å². The molecule has 2 aromatic heterocycles. The van der Waals surface area contributed by atoms with Crippen molar-refractivity contribution in [3.63, 3.8) is 0 Å². The van der Waals surface area contributed by atoms with Gasteiger partial charge in [-0.15, -0.1) is 0 Å². The monoisotopic (exact) mass is 377 g/mol. The minimum atomic E-state index is -0.184. The number of imidazole rings is 1. The van der Waals surface area contributed by atoms with Crippen molar-refractivity contribution < 1.29 is 9.84 Å². The zero-order valence-corrected chi connectivity index (χ0v) is 12.9. The average Bonchev–Trinajstić information content (AvgIpc) is 2.88. The molecule has 0 saturated heterocycles. The second-order valence-electron chi connectivity index (χ2n) is 4.27. The van der Waals surface area contributed by atoms with Crippen molar-refractivity contribution in [2.45, 2.75) is 25.5 Å². The minimum absolute atomic E-state index is 0.00299. The molecule has 7 nitrogen and oxygen atoms in total. The number of aliphatic hydroxyl groups is 1. The van der Waals surface area contributed by atoms with Gasteiger partial charge in [-0.3, -0.25) is 0 Å². The van der Waals surface area contributed by atoms with Gasteiger partial charge in [0.1, 0.15) is 6.33 Å². The second kappa shape index (κ2) is 6.44. The lowest BCUT2D eigenvalue weighted by Gasteiger charge is -2.19. The Balaban J connectivity index is 2.30. The zero-order valence-electron chi connectivity index (χ0n) is 10.7. The molecule has 8 heteroatoms. The first kappa shape index (κ1) is 14.4. The highest BCUT2D eigenvalue weighted by Crippen LogP contribution is 2.23. The summed E-state index contributed by atoms with van der Waals surface area (Å²) in [6, 6.07) is 0.124. The van der Waals surface area contributed by atoms with Gasteiger partial charge < -0.3 is 17.9 Å². The summed E-state index contributed by atoms with van der Waals surface area (Å²) in [5, 5.41) is 9.18. The lowest BCUT2D eigenvalue weighted by atomic mass is 10.1. The van der Waals surface area contributed by atoms with Gasteiger partial charge >= 0.3 is 0 Å². The quantitative estimate of drug-likeness (QED) is 0.587. The molecular weight excluding hydrogens is 361 g/mol. The number of aromatic nitrogens is 4. The lowest BCUT2D eigenvalue weighted by molar-refractivity contribution is 0.0348. The maximum atomic E-state index is 9.18. The molecule has 0 spiro atoms. The van der Waals surface area contributed by atoms with E-state index in [0.29, 0.717) is 12.2 Å². The Morgan fingerprint density at radius 3 is 2.89 bits per heavy atom. The summed E-state index contributed by atoms with van der Waals surface area (Å²) >= 11 is 2.02. The molecule has 2 rings (SSSR count). The Morgan fingerprint density at radius 2 is 2.26 bits per heavy atom. The van der Waals surface area contributed by atoms with E-state index >= 15 is 0 Å². The van der Waals surface area contributed by atoms with Crippen molar-refractivity contribution in [1.82, 2.24) is 19.5 Å². The standard InChI is InChI=1S/C11H16IN5O2/c1-7(3-8(4-18)19-2)17-6-15-9-10(16-12)13-5-14-11(9)17/h5-8,18H,3-4H2,1-2H3,(H,13,14,16). The Morgan fingerprint density at radius 1 is 1.47 bits per heavy atom. The van der Waals surface area contributed by atoms with Crippen LogP contribution < -0.4 is 3.53 Å². The number of fused-ring (bicyclic) bond motifs is 1. The molecule has 2 aromatic rings. The second-order valence-corrected chi connectivity index (χ2v) is 4.81. The Hall–Kier alpha value is -1.00. The number of hydrogen-bond acceptors (Lipinski definition) is 6. The van der Waals surface area contributed by atoms with Crippen LogP contribution in [-0.4, -0.2) is 44.4 Å². The van der Waals surface area contributed by atoms with Crippen molar-refractivity contribution >= 4 is 39.8 Å². The topological polar surface area (TPSA) is 85.1 Å². The molecule has 0 amide bonds. The Bertz CT molecular complexity index is 543. The van der Waals surface area contributed by atoms with Crippen LogP contribution in [0.5, 0.6) is 0 Å². The highest BCUT2D eigenvalue weighted by molar-refractivity contribution is 14.1. The molecule has 0 bridgehead atoms. The van der Waals surface area contributed by atoms with Crippen LogP contribution in [0.25, 0.3) is 11.2 Å².